The molecule has 2 amide bonds. The molecule has 1 unspecified atom stereocenters. The van der Waals surface area contributed by atoms with Crippen molar-refractivity contribution in [3.63, 3.8) is 0 Å². The average Bonchev–Trinajstić information content (AvgIpc) is 2.77. The number of benzene rings is 2. The molecule has 3 nitrogen and oxygen atoms in total. The minimum Gasteiger partial charge on any atom is -0.274 e. The van der Waals surface area contributed by atoms with Gasteiger partial charge in [0.05, 0.1) is 17.5 Å². The van der Waals surface area contributed by atoms with Gasteiger partial charge in [0.25, 0.3) is 0 Å². The van der Waals surface area contributed by atoms with Crippen LogP contribution in [0.3, 0.4) is 0 Å². The van der Waals surface area contributed by atoms with Gasteiger partial charge in [0.15, 0.2) is 0 Å². The highest BCUT2D eigenvalue weighted by Crippen LogP contribution is 2.40. The number of anilines is 1. The fraction of sp³-hybridized carbons (Fsp3) is 0.222. The van der Waals surface area contributed by atoms with Gasteiger partial charge in [-0.2, -0.15) is 0 Å². The molecule has 1 aliphatic rings. The second-order valence-corrected chi connectivity index (χ2v) is 6.42. The maximum atomic E-state index is 12.9. The Morgan fingerprint density at radius 1 is 0.957 bits per heavy atom. The zero-order chi connectivity index (χ0) is 16.6. The van der Waals surface area contributed by atoms with E-state index in [-0.39, 0.29) is 17.7 Å². The molecule has 5 heteroatoms. The molecule has 0 radical (unpaired) electrons. The van der Waals surface area contributed by atoms with Gasteiger partial charge in [-0.05, 0) is 30.2 Å². The van der Waals surface area contributed by atoms with Crippen molar-refractivity contribution in [3.05, 3.63) is 64.1 Å². The summed E-state index contributed by atoms with van der Waals surface area (Å²) in [5, 5.41) is 0.786. The van der Waals surface area contributed by atoms with E-state index in [1.54, 1.807) is 18.2 Å². The molecule has 2 aromatic carbocycles. The Bertz CT molecular complexity index is 741. The van der Waals surface area contributed by atoms with E-state index in [0.29, 0.717) is 22.2 Å². The van der Waals surface area contributed by atoms with Crippen LogP contribution in [-0.4, -0.2) is 11.8 Å². The Morgan fingerprint density at radius 3 is 2.13 bits per heavy atom. The third kappa shape index (κ3) is 2.87. The van der Waals surface area contributed by atoms with Crippen LogP contribution in [0.1, 0.15) is 24.8 Å². The van der Waals surface area contributed by atoms with Crippen LogP contribution >= 0.6 is 23.2 Å². The molecule has 2 aromatic rings. The summed E-state index contributed by atoms with van der Waals surface area (Å²) < 4.78 is 0. The molecule has 23 heavy (non-hydrogen) atoms. The number of imide groups is 1. The Balaban J connectivity index is 2.06. The number of carbonyl (C=O) groups excluding carboxylic acids is 2. The van der Waals surface area contributed by atoms with Crippen LogP contribution < -0.4 is 4.90 Å². The van der Waals surface area contributed by atoms with Gasteiger partial charge >= 0.3 is 0 Å². The van der Waals surface area contributed by atoms with E-state index in [1.165, 1.54) is 4.90 Å². The molecule has 0 spiro atoms. The second kappa shape index (κ2) is 6.34. The Morgan fingerprint density at radius 2 is 1.57 bits per heavy atom. The fourth-order valence-corrected chi connectivity index (χ4v) is 3.61. The largest absolute Gasteiger partial charge is 0.274 e. The first-order chi connectivity index (χ1) is 11.0. The van der Waals surface area contributed by atoms with Gasteiger partial charge in [0.2, 0.25) is 11.8 Å². The number of carbonyl (C=O) groups is 2. The predicted octanol–water partition coefficient (Wildman–Crippen LogP) is 4.68. The molecule has 0 N–H and O–H groups in total. The van der Waals surface area contributed by atoms with Crippen molar-refractivity contribution in [2.75, 3.05) is 4.90 Å². The normalized spacial score (nSPS) is 21.1. The van der Waals surface area contributed by atoms with Crippen LogP contribution in [0.4, 0.5) is 5.69 Å². The summed E-state index contributed by atoms with van der Waals surface area (Å²) in [6, 6.07) is 14.1. The molecule has 1 saturated heterocycles. The van der Waals surface area contributed by atoms with Crippen LogP contribution in [0, 0.1) is 5.92 Å². The maximum absolute atomic E-state index is 12.9. The number of nitrogens with zero attached hydrogens (tertiary/aromatic N) is 1. The van der Waals surface area contributed by atoms with Gasteiger partial charge in [-0.1, -0.05) is 60.5 Å². The number of rotatable bonds is 3. The molecular formula is C18H15Cl2NO2. The zero-order valence-corrected chi connectivity index (χ0v) is 14.0. The van der Waals surface area contributed by atoms with Gasteiger partial charge < -0.3 is 0 Å². The van der Waals surface area contributed by atoms with Crippen molar-refractivity contribution in [1.29, 1.82) is 0 Å². The first-order valence-corrected chi connectivity index (χ1v) is 8.17. The third-order valence-corrected chi connectivity index (χ3v) is 4.57. The standard InChI is InChI=1S/C18H15Cl2NO2/c1-2-15-16(11-6-4-3-5-7-11)18(23)21(17(15)22)14-9-12(19)8-13(20)10-14/h3-10,15-16H,2H2,1H3/t15?,16-/m0/s1. The Kier molecular flexibility index (Phi) is 4.42. The smallest absolute Gasteiger partial charge is 0.242 e. The molecule has 3 rings (SSSR count). The van der Waals surface area contributed by atoms with E-state index >= 15 is 0 Å². The number of amides is 2. The molecule has 0 aromatic heterocycles. The van der Waals surface area contributed by atoms with Crippen molar-refractivity contribution >= 4 is 40.7 Å². The van der Waals surface area contributed by atoms with E-state index in [9.17, 15) is 9.59 Å². The molecule has 0 saturated carbocycles. The van der Waals surface area contributed by atoms with Crippen LogP contribution in [0.5, 0.6) is 0 Å². The lowest BCUT2D eigenvalue weighted by atomic mass is 9.86. The Labute approximate surface area is 144 Å². The lowest BCUT2D eigenvalue weighted by molar-refractivity contribution is -0.122. The van der Waals surface area contributed by atoms with E-state index in [2.05, 4.69) is 0 Å². The Hall–Kier alpha value is -1.84. The molecule has 118 valence electrons. The summed E-state index contributed by atoms with van der Waals surface area (Å²) >= 11 is 12.0. The number of halogens is 2. The summed E-state index contributed by atoms with van der Waals surface area (Å²) in [4.78, 5) is 26.9. The highest BCUT2D eigenvalue weighted by Gasteiger charge is 2.47. The van der Waals surface area contributed by atoms with Crippen LogP contribution in [-0.2, 0) is 9.59 Å². The van der Waals surface area contributed by atoms with Crippen LogP contribution in [0.15, 0.2) is 48.5 Å². The third-order valence-electron chi connectivity index (χ3n) is 4.13. The van der Waals surface area contributed by atoms with Crippen molar-refractivity contribution in [2.24, 2.45) is 5.92 Å². The summed E-state index contributed by atoms with van der Waals surface area (Å²) in [6.45, 7) is 1.92. The molecule has 0 aliphatic carbocycles. The van der Waals surface area contributed by atoms with Crippen LogP contribution in [0.2, 0.25) is 10.0 Å². The summed E-state index contributed by atoms with van der Waals surface area (Å²) in [5.41, 5.74) is 1.28. The highest BCUT2D eigenvalue weighted by molar-refractivity contribution is 6.35. The average molecular weight is 348 g/mol. The fourth-order valence-electron chi connectivity index (χ4n) is 3.10. The summed E-state index contributed by atoms with van der Waals surface area (Å²) in [6.07, 6.45) is 0.592. The lowest BCUT2D eigenvalue weighted by Crippen LogP contribution is -2.30. The van der Waals surface area contributed by atoms with Crippen molar-refractivity contribution in [1.82, 2.24) is 0 Å². The number of hydrogen-bond donors (Lipinski definition) is 0. The van der Waals surface area contributed by atoms with Crippen molar-refractivity contribution < 1.29 is 9.59 Å². The minimum atomic E-state index is -0.466. The van der Waals surface area contributed by atoms with Gasteiger partial charge in [0, 0.05) is 10.0 Å². The van der Waals surface area contributed by atoms with Gasteiger partial charge in [-0.15, -0.1) is 0 Å². The highest BCUT2D eigenvalue weighted by atomic mass is 35.5. The van der Waals surface area contributed by atoms with E-state index in [0.717, 1.165) is 5.56 Å². The SMILES string of the molecule is CCC1C(=O)N(c2cc(Cl)cc(Cl)c2)C(=O)[C@H]1c1ccccc1. The van der Waals surface area contributed by atoms with Crippen molar-refractivity contribution in [3.8, 4) is 0 Å². The van der Waals surface area contributed by atoms with Crippen molar-refractivity contribution in [2.45, 2.75) is 19.3 Å². The summed E-state index contributed by atoms with van der Waals surface area (Å²) in [7, 11) is 0. The predicted molar refractivity (Wildman–Crippen MR) is 91.9 cm³/mol. The van der Waals surface area contributed by atoms with Gasteiger partial charge in [-0.3, -0.25) is 9.59 Å². The molecule has 0 bridgehead atoms. The van der Waals surface area contributed by atoms with E-state index < -0.39 is 5.92 Å². The topological polar surface area (TPSA) is 37.4 Å². The zero-order valence-electron chi connectivity index (χ0n) is 12.5. The van der Waals surface area contributed by atoms with Gasteiger partial charge in [0.1, 0.15) is 0 Å². The first-order valence-electron chi connectivity index (χ1n) is 7.41. The molecule has 1 heterocycles. The minimum absolute atomic E-state index is 0.204. The first kappa shape index (κ1) is 16.0. The monoisotopic (exact) mass is 347 g/mol. The number of hydrogen-bond acceptors (Lipinski definition) is 2. The molecule has 1 aliphatic heterocycles. The van der Waals surface area contributed by atoms with E-state index in [1.807, 2.05) is 37.3 Å². The molecule has 1 fully saturated rings. The van der Waals surface area contributed by atoms with Gasteiger partial charge in [-0.25, -0.2) is 4.90 Å². The maximum Gasteiger partial charge on any atom is 0.242 e. The summed E-state index contributed by atoms with van der Waals surface area (Å²) in [5.74, 6) is -1.27. The van der Waals surface area contributed by atoms with E-state index in [4.69, 9.17) is 23.2 Å². The lowest BCUT2D eigenvalue weighted by Gasteiger charge is -2.15. The second-order valence-electron chi connectivity index (χ2n) is 5.54. The quantitative estimate of drug-likeness (QED) is 0.756. The molecule has 2 atom stereocenters. The molecular weight excluding hydrogens is 333 g/mol. The van der Waals surface area contributed by atoms with Crippen LogP contribution in [0.25, 0.3) is 0 Å².